The molecule has 2 aliphatic heterocycles. The lowest BCUT2D eigenvalue weighted by molar-refractivity contribution is -0.128. The van der Waals surface area contributed by atoms with Gasteiger partial charge >= 0.3 is 0 Å². The number of hydrogen-bond acceptors (Lipinski definition) is 5. The molecule has 0 unspecified atom stereocenters. The first-order valence-corrected chi connectivity index (χ1v) is 10.6. The van der Waals surface area contributed by atoms with E-state index in [0.717, 1.165) is 11.3 Å². The molecule has 32 heavy (non-hydrogen) atoms. The Morgan fingerprint density at radius 3 is 2.28 bits per heavy atom. The molecule has 2 saturated heterocycles. The number of nitrogens with zero attached hydrogens (tertiary/aromatic N) is 2. The fourth-order valence-electron chi connectivity index (χ4n) is 4.57. The molecule has 0 spiro atoms. The van der Waals surface area contributed by atoms with Crippen molar-refractivity contribution >= 4 is 34.8 Å². The van der Waals surface area contributed by atoms with E-state index in [1.807, 2.05) is 54.6 Å². The summed E-state index contributed by atoms with van der Waals surface area (Å²) < 4.78 is 5.29. The van der Waals surface area contributed by atoms with Crippen LogP contribution in [-0.2, 0) is 14.4 Å². The van der Waals surface area contributed by atoms with Gasteiger partial charge in [-0.2, -0.15) is 0 Å². The van der Waals surface area contributed by atoms with E-state index in [4.69, 9.17) is 21.2 Å². The Morgan fingerprint density at radius 1 is 0.938 bits per heavy atom. The predicted octanol–water partition coefficient (Wildman–Crippen LogP) is 4.79. The molecule has 5 rings (SSSR count). The largest absolute Gasteiger partial charge is 0.497 e. The van der Waals surface area contributed by atoms with E-state index in [2.05, 4.69) is 0 Å². The van der Waals surface area contributed by atoms with Crippen LogP contribution in [0.15, 0.2) is 78.9 Å². The molecule has 6 nitrogen and oxygen atoms in total. The number of imide groups is 1. The Balaban J connectivity index is 1.63. The van der Waals surface area contributed by atoms with Crippen LogP contribution in [0.1, 0.15) is 18.5 Å². The summed E-state index contributed by atoms with van der Waals surface area (Å²) in [7, 11) is 1.60. The van der Waals surface area contributed by atoms with Crippen LogP contribution < -0.4 is 14.7 Å². The molecule has 162 valence electrons. The predicted molar refractivity (Wildman–Crippen MR) is 122 cm³/mol. The Hall–Kier alpha value is -3.35. The highest BCUT2D eigenvalue weighted by molar-refractivity contribution is 6.31. The van der Waals surface area contributed by atoms with Crippen LogP contribution in [0.3, 0.4) is 0 Å². The van der Waals surface area contributed by atoms with Crippen LogP contribution >= 0.6 is 11.6 Å². The molecule has 0 aliphatic carbocycles. The van der Waals surface area contributed by atoms with Crippen molar-refractivity contribution < 1.29 is 19.2 Å². The van der Waals surface area contributed by atoms with E-state index in [1.54, 1.807) is 43.4 Å². The molecule has 2 fully saturated rings. The number of fused-ring (bicyclic) bond motifs is 1. The molecular formula is C25H21ClN2O4. The number of hydroxylamine groups is 1. The minimum Gasteiger partial charge on any atom is -0.497 e. The van der Waals surface area contributed by atoms with E-state index in [9.17, 15) is 9.59 Å². The normalized spacial score (nSPS) is 24.7. The second-order valence-electron chi connectivity index (χ2n) is 8.06. The quantitative estimate of drug-likeness (QED) is 0.537. The second kappa shape index (κ2) is 7.65. The van der Waals surface area contributed by atoms with Crippen molar-refractivity contribution in [3.8, 4) is 5.75 Å². The SMILES string of the molecule is COc1ccc([C@@H]2N(c3ccccc3)O[C@H]3C(=O)N(c4cccc(Cl)c4)C(=O)[C@@]23C)cc1. The van der Waals surface area contributed by atoms with Crippen molar-refractivity contribution in [3.63, 3.8) is 0 Å². The standard InChI is InChI=1S/C25H21ClN2O4/c1-25-21(16-11-13-20(31-2)14-12-16)28(18-8-4-3-5-9-18)32-22(25)23(29)27(24(25)30)19-10-6-7-17(26)15-19/h3-15,21-22H,1-2H3/t21-,22-,25-/m0/s1. The molecule has 0 aromatic heterocycles. The van der Waals surface area contributed by atoms with Crippen molar-refractivity contribution in [2.75, 3.05) is 17.1 Å². The molecule has 0 N–H and O–H groups in total. The minimum atomic E-state index is -1.15. The molecule has 2 aliphatic rings. The molecule has 7 heteroatoms. The Morgan fingerprint density at radius 2 is 1.62 bits per heavy atom. The lowest BCUT2D eigenvalue weighted by atomic mass is 9.76. The monoisotopic (exact) mass is 448 g/mol. The summed E-state index contributed by atoms with van der Waals surface area (Å²) in [5.41, 5.74) is 0.892. The number of amides is 2. The number of methoxy groups -OCH3 is 1. The number of hydrogen-bond donors (Lipinski definition) is 0. The van der Waals surface area contributed by atoms with Gasteiger partial charge in [0.05, 0.1) is 24.5 Å². The molecule has 0 radical (unpaired) electrons. The zero-order valence-electron chi connectivity index (χ0n) is 17.6. The molecule has 3 atom stereocenters. The number of anilines is 2. The Kier molecular flexibility index (Phi) is 4.92. The van der Waals surface area contributed by atoms with Crippen molar-refractivity contribution in [2.24, 2.45) is 5.41 Å². The van der Waals surface area contributed by atoms with Gasteiger partial charge in [-0.25, -0.2) is 9.96 Å². The summed E-state index contributed by atoms with van der Waals surface area (Å²) in [5.74, 6) is -0.0271. The van der Waals surface area contributed by atoms with E-state index in [-0.39, 0.29) is 5.91 Å². The zero-order chi connectivity index (χ0) is 22.5. The third kappa shape index (κ3) is 2.98. The highest BCUT2D eigenvalue weighted by atomic mass is 35.5. The average molecular weight is 449 g/mol. The van der Waals surface area contributed by atoms with Gasteiger partial charge in [0, 0.05) is 5.02 Å². The van der Waals surface area contributed by atoms with Crippen molar-refractivity contribution in [1.29, 1.82) is 0 Å². The summed E-state index contributed by atoms with van der Waals surface area (Å²) in [6.45, 7) is 1.79. The number of para-hydroxylation sites is 1. The maximum absolute atomic E-state index is 13.8. The van der Waals surface area contributed by atoms with Crippen LogP contribution in [-0.4, -0.2) is 25.0 Å². The number of carbonyl (C=O) groups excluding carboxylic acids is 2. The zero-order valence-corrected chi connectivity index (χ0v) is 18.3. The summed E-state index contributed by atoms with van der Waals surface area (Å²) in [6, 6.07) is 23.1. The maximum Gasteiger partial charge on any atom is 0.266 e. The molecule has 0 saturated carbocycles. The Bertz CT molecular complexity index is 1180. The van der Waals surface area contributed by atoms with Gasteiger partial charge in [0.2, 0.25) is 5.91 Å². The maximum atomic E-state index is 13.8. The second-order valence-corrected chi connectivity index (χ2v) is 8.50. The lowest BCUT2D eigenvalue weighted by Crippen LogP contribution is -2.41. The summed E-state index contributed by atoms with van der Waals surface area (Å²) in [6.07, 6.45) is -0.971. The van der Waals surface area contributed by atoms with Gasteiger partial charge < -0.3 is 4.74 Å². The van der Waals surface area contributed by atoms with E-state index in [0.29, 0.717) is 16.5 Å². The first kappa shape index (κ1) is 20.5. The molecule has 3 aromatic rings. The van der Waals surface area contributed by atoms with Gasteiger partial charge in [0.15, 0.2) is 6.10 Å². The van der Waals surface area contributed by atoms with Gasteiger partial charge in [-0.15, -0.1) is 0 Å². The van der Waals surface area contributed by atoms with Gasteiger partial charge in [-0.1, -0.05) is 48.0 Å². The van der Waals surface area contributed by atoms with Gasteiger partial charge in [0.1, 0.15) is 11.2 Å². The highest BCUT2D eigenvalue weighted by Crippen LogP contribution is 2.55. The lowest BCUT2D eigenvalue weighted by Gasteiger charge is -2.32. The van der Waals surface area contributed by atoms with Crippen LogP contribution in [0.4, 0.5) is 11.4 Å². The fourth-order valence-corrected chi connectivity index (χ4v) is 4.76. The third-order valence-electron chi connectivity index (χ3n) is 6.18. The number of rotatable bonds is 4. The Labute approximate surface area is 190 Å². The minimum absolute atomic E-state index is 0.325. The summed E-state index contributed by atoms with van der Waals surface area (Å²) >= 11 is 6.13. The smallest absolute Gasteiger partial charge is 0.266 e. The van der Waals surface area contributed by atoms with Crippen molar-refractivity contribution in [3.05, 3.63) is 89.4 Å². The van der Waals surface area contributed by atoms with E-state index in [1.165, 1.54) is 4.90 Å². The van der Waals surface area contributed by atoms with Crippen LogP contribution in [0.5, 0.6) is 5.75 Å². The highest BCUT2D eigenvalue weighted by Gasteiger charge is 2.68. The van der Waals surface area contributed by atoms with Crippen LogP contribution in [0.25, 0.3) is 0 Å². The third-order valence-corrected chi connectivity index (χ3v) is 6.42. The summed E-state index contributed by atoms with van der Waals surface area (Å²) in [4.78, 5) is 34.7. The van der Waals surface area contributed by atoms with E-state index >= 15 is 0 Å². The van der Waals surface area contributed by atoms with Crippen LogP contribution in [0, 0.1) is 5.41 Å². The van der Waals surface area contributed by atoms with Crippen molar-refractivity contribution in [2.45, 2.75) is 19.1 Å². The van der Waals surface area contributed by atoms with Crippen molar-refractivity contribution in [1.82, 2.24) is 0 Å². The number of halogens is 1. The molecule has 3 aromatic carbocycles. The molecule has 2 heterocycles. The molecule has 0 bridgehead atoms. The number of carbonyl (C=O) groups is 2. The number of ether oxygens (including phenoxy) is 1. The molecule has 2 amide bonds. The average Bonchev–Trinajstić information content (AvgIpc) is 3.22. The first-order valence-electron chi connectivity index (χ1n) is 10.2. The number of benzene rings is 3. The molecular weight excluding hydrogens is 428 g/mol. The van der Waals surface area contributed by atoms with Gasteiger partial charge in [0.25, 0.3) is 5.91 Å². The topological polar surface area (TPSA) is 59.1 Å². The van der Waals surface area contributed by atoms with Crippen LogP contribution in [0.2, 0.25) is 5.02 Å². The summed E-state index contributed by atoms with van der Waals surface area (Å²) in [5, 5.41) is 2.13. The van der Waals surface area contributed by atoms with Gasteiger partial charge in [-0.3, -0.25) is 14.4 Å². The fraction of sp³-hybridized carbons (Fsp3) is 0.200. The van der Waals surface area contributed by atoms with E-state index < -0.39 is 23.5 Å². The first-order chi connectivity index (χ1) is 15.4. The van der Waals surface area contributed by atoms with Gasteiger partial charge in [-0.05, 0) is 55.0 Å².